The molecule has 0 bridgehead atoms. The number of hydrogen-bond donors (Lipinski definition) is 0. The topological polar surface area (TPSA) is 66.0 Å². The number of benzene rings is 2. The van der Waals surface area contributed by atoms with Gasteiger partial charge in [0.1, 0.15) is 0 Å². The molecule has 0 N–H and O–H groups in total. The highest BCUT2D eigenvalue weighted by molar-refractivity contribution is 5.34. The van der Waals surface area contributed by atoms with Crippen LogP contribution in [0.15, 0.2) is 75.0 Å². The molecular weight excluding hydrogens is 366 g/mol. The van der Waals surface area contributed by atoms with E-state index in [0.717, 1.165) is 34.8 Å². The van der Waals surface area contributed by atoms with Crippen LogP contribution in [0.2, 0.25) is 0 Å². The lowest BCUT2D eigenvalue weighted by Gasteiger charge is -2.18. The van der Waals surface area contributed by atoms with E-state index < -0.39 is 17.1 Å². The molecule has 0 aliphatic carbocycles. The Morgan fingerprint density at radius 1 is 0.690 bits per heavy atom. The number of rotatable bonds is 8. The Balaban J connectivity index is 2.22. The summed E-state index contributed by atoms with van der Waals surface area (Å²) in [4.78, 5) is 39.7. The van der Waals surface area contributed by atoms with E-state index in [0.29, 0.717) is 17.8 Å². The summed E-state index contributed by atoms with van der Waals surface area (Å²) in [5, 5.41) is 0. The second kappa shape index (κ2) is 9.37. The predicted octanol–water partition coefficient (Wildman–Crippen LogP) is 3.68. The molecule has 3 rings (SSSR count). The molecule has 3 aromatic rings. The molecule has 1 aromatic heterocycles. The average Bonchev–Trinajstić information content (AvgIpc) is 2.73. The third kappa shape index (κ3) is 4.31. The van der Waals surface area contributed by atoms with Crippen LogP contribution in [0.1, 0.15) is 52.0 Å². The number of para-hydroxylation sites is 2. The van der Waals surface area contributed by atoms with Crippen molar-refractivity contribution in [2.24, 2.45) is 0 Å². The van der Waals surface area contributed by atoms with Gasteiger partial charge >= 0.3 is 17.1 Å². The lowest BCUT2D eigenvalue weighted by molar-refractivity contribution is 0.417. The molecule has 0 aliphatic heterocycles. The van der Waals surface area contributed by atoms with Crippen molar-refractivity contribution in [1.29, 1.82) is 0 Å². The summed E-state index contributed by atoms with van der Waals surface area (Å²) >= 11 is 0. The first kappa shape index (κ1) is 20.6. The van der Waals surface area contributed by atoms with Gasteiger partial charge in [-0.2, -0.15) is 0 Å². The van der Waals surface area contributed by atoms with Crippen molar-refractivity contribution >= 4 is 0 Å². The quantitative estimate of drug-likeness (QED) is 0.548. The number of aromatic nitrogens is 3. The second-order valence-electron chi connectivity index (χ2n) is 7.26. The Morgan fingerprint density at radius 3 is 1.62 bits per heavy atom. The minimum Gasteiger partial charge on any atom is -0.247 e. The van der Waals surface area contributed by atoms with Gasteiger partial charge in [-0.15, -0.1) is 0 Å². The molecule has 2 aromatic carbocycles. The van der Waals surface area contributed by atoms with Crippen molar-refractivity contribution in [3.05, 3.63) is 92.1 Å². The molecule has 0 aliphatic rings. The summed E-state index contributed by atoms with van der Waals surface area (Å²) < 4.78 is 3.38. The van der Waals surface area contributed by atoms with E-state index in [-0.39, 0.29) is 6.04 Å². The van der Waals surface area contributed by atoms with Gasteiger partial charge in [0.15, 0.2) is 0 Å². The molecule has 6 heteroatoms. The molecule has 0 fully saturated rings. The van der Waals surface area contributed by atoms with Crippen LogP contribution in [0, 0.1) is 0 Å². The average molecular weight is 393 g/mol. The van der Waals surface area contributed by atoms with E-state index in [1.807, 2.05) is 19.1 Å². The molecule has 1 atom stereocenters. The highest BCUT2D eigenvalue weighted by Crippen LogP contribution is 2.13. The standard InChI is InChI=1S/C23H27N3O3/c1-3-4-5-8-13-18(2)24-21(27)25(19-14-9-6-10-15-19)23(29)26(22(24)28)20-16-11-7-12-17-20/h6-7,9-12,14-18H,3-5,8,13H2,1-2H3. The van der Waals surface area contributed by atoms with Gasteiger partial charge in [-0.3, -0.25) is 0 Å². The Kier molecular flexibility index (Phi) is 6.65. The van der Waals surface area contributed by atoms with Gasteiger partial charge in [0.2, 0.25) is 0 Å². The minimum absolute atomic E-state index is 0.308. The summed E-state index contributed by atoms with van der Waals surface area (Å²) in [5.41, 5.74) is -0.965. The van der Waals surface area contributed by atoms with Crippen molar-refractivity contribution in [2.45, 2.75) is 52.0 Å². The van der Waals surface area contributed by atoms with Crippen LogP contribution in [-0.4, -0.2) is 13.7 Å². The normalized spacial score (nSPS) is 12.1. The largest absolute Gasteiger partial charge is 0.345 e. The third-order valence-corrected chi connectivity index (χ3v) is 5.12. The molecule has 1 heterocycles. The SMILES string of the molecule is CCCCCCC(C)n1c(=O)n(-c2ccccc2)c(=O)n(-c2ccccc2)c1=O. The maximum absolute atomic E-state index is 13.2. The van der Waals surface area contributed by atoms with Gasteiger partial charge in [0.25, 0.3) is 0 Å². The number of unbranched alkanes of at least 4 members (excludes halogenated alkanes) is 3. The van der Waals surface area contributed by atoms with Crippen molar-refractivity contribution in [3.8, 4) is 11.4 Å². The molecule has 0 saturated heterocycles. The van der Waals surface area contributed by atoms with Crippen molar-refractivity contribution in [1.82, 2.24) is 13.7 Å². The van der Waals surface area contributed by atoms with Gasteiger partial charge in [-0.1, -0.05) is 69.0 Å². The first-order chi connectivity index (χ1) is 14.1. The fourth-order valence-corrected chi connectivity index (χ4v) is 3.53. The van der Waals surface area contributed by atoms with Crippen LogP contribution in [0.4, 0.5) is 0 Å². The third-order valence-electron chi connectivity index (χ3n) is 5.12. The molecule has 6 nitrogen and oxygen atoms in total. The molecule has 0 radical (unpaired) electrons. The first-order valence-corrected chi connectivity index (χ1v) is 10.2. The van der Waals surface area contributed by atoms with Crippen LogP contribution in [0.3, 0.4) is 0 Å². The lowest BCUT2D eigenvalue weighted by Crippen LogP contribution is -2.54. The van der Waals surface area contributed by atoms with Crippen LogP contribution in [0.25, 0.3) is 11.4 Å². The molecule has 0 spiro atoms. The Bertz CT molecular complexity index is 1030. The number of nitrogens with zero attached hydrogens (tertiary/aromatic N) is 3. The Hall–Kier alpha value is -3.15. The lowest BCUT2D eigenvalue weighted by atomic mass is 10.1. The van der Waals surface area contributed by atoms with Crippen molar-refractivity contribution in [3.63, 3.8) is 0 Å². The maximum Gasteiger partial charge on any atom is 0.345 e. The zero-order chi connectivity index (χ0) is 20.8. The Morgan fingerprint density at radius 2 is 1.17 bits per heavy atom. The monoisotopic (exact) mass is 393 g/mol. The zero-order valence-electron chi connectivity index (χ0n) is 17.0. The predicted molar refractivity (Wildman–Crippen MR) is 115 cm³/mol. The van der Waals surface area contributed by atoms with Gasteiger partial charge in [0, 0.05) is 6.04 Å². The summed E-state index contributed by atoms with van der Waals surface area (Å²) in [5.74, 6) is 0. The van der Waals surface area contributed by atoms with Crippen LogP contribution in [-0.2, 0) is 0 Å². The van der Waals surface area contributed by atoms with E-state index in [1.165, 1.54) is 4.57 Å². The van der Waals surface area contributed by atoms with Crippen molar-refractivity contribution < 1.29 is 0 Å². The molecule has 0 saturated carbocycles. The van der Waals surface area contributed by atoms with Crippen molar-refractivity contribution in [2.75, 3.05) is 0 Å². The second-order valence-corrected chi connectivity index (χ2v) is 7.26. The van der Waals surface area contributed by atoms with E-state index in [4.69, 9.17) is 0 Å². The molecule has 152 valence electrons. The van der Waals surface area contributed by atoms with Gasteiger partial charge in [-0.05, 0) is 37.6 Å². The number of hydrogen-bond acceptors (Lipinski definition) is 3. The van der Waals surface area contributed by atoms with Crippen LogP contribution < -0.4 is 17.1 Å². The molecule has 1 unspecified atom stereocenters. The summed E-state index contributed by atoms with van der Waals surface area (Å²) in [7, 11) is 0. The van der Waals surface area contributed by atoms with Gasteiger partial charge < -0.3 is 0 Å². The first-order valence-electron chi connectivity index (χ1n) is 10.2. The van der Waals surface area contributed by atoms with Gasteiger partial charge in [-0.25, -0.2) is 28.1 Å². The van der Waals surface area contributed by atoms with E-state index >= 15 is 0 Å². The van der Waals surface area contributed by atoms with E-state index in [2.05, 4.69) is 6.92 Å². The fourth-order valence-electron chi connectivity index (χ4n) is 3.53. The summed E-state index contributed by atoms with van der Waals surface area (Å²) in [6.07, 6.45) is 4.93. The van der Waals surface area contributed by atoms with Crippen LogP contribution in [0.5, 0.6) is 0 Å². The summed E-state index contributed by atoms with van der Waals surface area (Å²) in [6, 6.07) is 17.1. The fraction of sp³-hybridized carbons (Fsp3) is 0.348. The molecule has 29 heavy (non-hydrogen) atoms. The highest BCUT2D eigenvalue weighted by Gasteiger charge is 2.21. The molecule has 0 amide bonds. The minimum atomic E-state index is -0.660. The zero-order valence-corrected chi connectivity index (χ0v) is 17.0. The van der Waals surface area contributed by atoms with E-state index in [9.17, 15) is 14.4 Å². The van der Waals surface area contributed by atoms with Crippen LogP contribution >= 0.6 is 0 Å². The summed E-state index contributed by atoms with van der Waals surface area (Å²) in [6.45, 7) is 4.01. The highest BCUT2D eigenvalue weighted by atomic mass is 16.2. The van der Waals surface area contributed by atoms with Gasteiger partial charge in [0.05, 0.1) is 11.4 Å². The smallest absolute Gasteiger partial charge is 0.247 e. The Labute approximate surface area is 169 Å². The van der Waals surface area contributed by atoms with E-state index in [1.54, 1.807) is 48.5 Å². The maximum atomic E-state index is 13.2. The molecular formula is C23H27N3O3.